The predicted octanol–water partition coefficient (Wildman–Crippen LogP) is 2.73. The van der Waals surface area contributed by atoms with E-state index in [0.717, 1.165) is 37.0 Å². The number of nitrogens with zero attached hydrogens (tertiary/aromatic N) is 1. The molecule has 2 unspecified atom stereocenters. The van der Waals surface area contributed by atoms with Gasteiger partial charge in [-0.2, -0.15) is 0 Å². The number of methoxy groups -OCH3 is 1. The average molecular weight is 302 g/mol. The summed E-state index contributed by atoms with van der Waals surface area (Å²) in [5, 5.41) is 0. The molecule has 0 bridgehead atoms. The van der Waals surface area contributed by atoms with Crippen LogP contribution in [0.1, 0.15) is 31.2 Å². The predicted molar refractivity (Wildman–Crippen MR) is 88.5 cm³/mol. The summed E-state index contributed by atoms with van der Waals surface area (Å²) in [6.07, 6.45) is 5.60. The van der Waals surface area contributed by atoms with E-state index in [1.165, 1.54) is 0 Å². The Labute approximate surface area is 132 Å². The fourth-order valence-electron chi connectivity index (χ4n) is 3.05. The van der Waals surface area contributed by atoms with Gasteiger partial charge in [-0.25, -0.2) is 0 Å². The lowest BCUT2D eigenvalue weighted by atomic mass is 9.85. The first-order valence-corrected chi connectivity index (χ1v) is 7.92. The summed E-state index contributed by atoms with van der Waals surface area (Å²) >= 11 is 0. The van der Waals surface area contributed by atoms with Gasteiger partial charge in [0.2, 0.25) is 5.91 Å². The molecule has 2 rings (SSSR count). The van der Waals surface area contributed by atoms with E-state index in [-0.39, 0.29) is 17.9 Å². The summed E-state index contributed by atoms with van der Waals surface area (Å²) in [7, 11) is 1.65. The number of ether oxygens (including phenoxy) is 1. The number of hydrogen-bond acceptors (Lipinski definition) is 3. The zero-order valence-electron chi connectivity index (χ0n) is 13.3. The number of hydrogen-bond donors (Lipinski definition) is 1. The van der Waals surface area contributed by atoms with Crippen LogP contribution in [0.5, 0.6) is 5.75 Å². The minimum Gasteiger partial charge on any atom is -0.497 e. The Balaban J connectivity index is 2.04. The van der Waals surface area contributed by atoms with Crippen molar-refractivity contribution >= 4 is 5.91 Å². The van der Waals surface area contributed by atoms with Crippen LogP contribution in [0, 0.1) is 5.92 Å². The van der Waals surface area contributed by atoms with Gasteiger partial charge in [0.25, 0.3) is 0 Å². The molecule has 2 atom stereocenters. The monoisotopic (exact) mass is 302 g/mol. The van der Waals surface area contributed by atoms with E-state index in [1.807, 2.05) is 29.2 Å². The molecule has 22 heavy (non-hydrogen) atoms. The first-order chi connectivity index (χ1) is 10.6. The molecule has 1 aliphatic carbocycles. The van der Waals surface area contributed by atoms with Crippen molar-refractivity contribution in [2.45, 2.75) is 38.3 Å². The molecule has 4 nitrogen and oxygen atoms in total. The van der Waals surface area contributed by atoms with Gasteiger partial charge in [-0.15, -0.1) is 6.58 Å². The average Bonchev–Trinajstić information content (AvgIpc) is 2.54. The van der Waals surface area contributed by atoms with Gasteiger partial charge in [0.1, 0.15) is 5.75 Å². The Hall–Kier alpha value is -1.81. The maximum Gasteiger partial charge on any atom is 0.226 e. The SMILES string of the molecule is C=CCN(Cc1ccc(OC)cc1)C(=O)C1CCCC(N)C1. The number of nitrogens with two attached hydrogens (primary N) is 1. The fraction of sp³-hybridized carbons (Fsp3) is 0.500. The summed E-state index contributed by atoms with van der Waals surface area (Å²) in [5.74, 6) is 1.08. The van der Waals surface area contributed by atoms with Crippen molar-refractivity contribution in [2.75, 3.05) is 13.7 Å². The van der Waals surface area contributed by atoms with Crippen LogP contribution in [-0.4, -0.2) is 30.5 Å². The van der Waals surface area contributed by atoms with Crippen LogP contribution in [0.4, 0.5) is 0 Å². The Kier molecular flexibility index (Phi) is 6.01. The number of carbonyl (C=O) groups excluding carboxylic acids is 1. The van der Waals surface area contributed by atoms with Crippen molar-refractivity contribution < 1.29 is 9.53 Å². The number of amides is 1. The molecule has 0 spiro atoms. The summed E-state index contributed by atoms with van der Waals surface area (Å²) in [4.78, 5) is 14.6. The van der Waals surface area contributed by atoms with Gasteiger partial charge < -0.3 is 15.4 Å². The van der Waals surface area contributed by atoms with E-state index in [2.05, 4.69) is 6.58 Å². The van der Waals surface area contributed by atoms with Crippen LogP contribution in [0.3, 0.4) is 0 Å². The lowest BCUT2D eigenvalue weighted by Gasteiger charge is -2.31. The Morgan fingerprint density at radius 2 is 2.14 bits per heavy atom. The third-order valence-electron chi connectivity index (χ3n) is 4.26. The smallest absolute Gasteiger partial charge is 0.226 e. The summed E-state index contributed by atoms with van der Waals surface area (Å²) in [6, 6.07) is 7.99. The minimum atomic E-state index is 0.0574. The molecule has 0 radical (unpaired) electrons. The summed E-state index contributed by atoms with van der Waals surface area (Å²) in [6.45, 7) is 4.94. The van der Waals surface area contributed by atoms with Gasteiger partial charge in [0.15, 0.2) is 0 Å². The molecule has 120 valence electrons. The van der Waals surface area contributed by atoms with Crippen LogP contribution < -0.4 is 10.5 Å². The molecule has 1 fully saturated rings. The fourth-order valence-corrected chi connectivity index (χ4v) is 3.05. The first-order valence-electron chi connectivity index (χ1n) is 7.92. The van der Waals surface area contributed by atoms with Crippen LogP contribution in [0.2, 0.25) is 0 Å². The third-order valence-corrected chi connectivity index (χ3v) is 4.26. The zero-order chi connectivity index (χ0) is 15.9. The van der Waals surface area contributed by atoms with Crippen molar-refractivity contribution in [3.8, 4) is 5.75 Å². The van der Waals surface area contributed by atoms with Crippen LogP contribution >= 0.6 is 0 Å². The molecule has 4 heteroatoms. The molecular formula is C18H26N2O2. The van der Waals surface area contributed by atoms with Crippen molar-refractivity contribution in [1.82, 2.24) is 4.90 Å². The van der Waals surface area contributed by atoms with E-state index in [0.29, 0.717) is 13.1 Å². The van der Waals surface area contributed by atoms with Crippen LogP contribution in [0.25, 0.3) is 0 Å². The van der Waals surface area contributed by atoms with Gasteiger partial charge in [0, 0.05) is 25.0 Å². The molecule has 0 heterocycles. The number of rotatable bonds is 6. The maximum absolute atomic E-state index is 12.8. The highest BCUT2D eigenvalue weighted by Crippen LogP contribution is 2.25. The molecule has 1 aliphatic rings. The Morgan fingerprint density at radius 3 is 2.73 bits per heavy atom. The molecule has 1 saturated carbocycles. The van der Waals surface area contributed by atoms with E-state index in [9.17, 15) is 4.79 Å². The minimum absolute atomic E-state index is 0.0574. The third kappa shape index (κ3) is 4.34. The quantitative estimate of drug-likeness (QED) is 0.822. The summed E-state index contributed by atoms with van der Waals surface area (Å²) < 4.78 is 5.17. The van der Waals surface area contributed by atoms with Crippen molar-refractivity contribution in [3.63, 3.8) is 0 Å². The van der Waals surface area contributed by atoms with Crippen molar-refractivity contribution in [2.24, 2.45) is 11.7 Å². The highest BCUT2D eigenvalue weighted by atomic mass is 16.5. The molecular weight excluding hydrogens is 276 g/mol. The van der Waals surface area contributed by atoms with Crippen molar-refractivity contribution in [1.29, 1.82) is 0 Å². The topological polar surface area (TPSA) is 55.6 Å². The van der Waals surface area contributed by atoms with Crippen LogP contribution in [-0.2, 0) is 11.3 Å². The first kappa shape index (κ1) is 16.6. The lowest BCUT2D eigenvalue weighted by Crippen LogP contribution is -2.40. The largest absolute Gasteiger partial charge is 0.497 e. The number of carbonyl (C=O) groups is 1. The highest BCUT2D eigenvalue weighted by molar-refractivity contribution is 5.79. The van der Waals surface area contributed by atoms with Gasteiger partial charge in [-0.3, -0.25) is 4.79 Å². The van der Waals surface area contributed by atoms with Gasteiger partial charge in [-0.05, 0) is 37.0 Å². The Bertz CT molecular complexity index is 498. The lowest BCUT2D eigenvalue weighted by molar-refractivity contribution is -0.136. The second-order valence-corrected chi connectivity index (χ2v) is 5.98. The van der Waals surface area contributed by atoms with E-state index >= 15 is 0 Å². The number of benzene rings is 1. The van der Waals surface area contributed by atoms with E-state index < -0.39 is 0 Å². The highest BCUT2D eigenvalue weighted by Gasteiger charge is 2.28. The second kappa shape index (κ2) is 7.99. The zero-order valence-corrected chi connectivity index (χ0v) is 13.3. The van der Waals surface area contributed by atoms with Gasteiger partial charge in [-0.1, -0.05) is 24.6 Å². The van der Waals surface area contributed by atoms with E-state index in [4.69, 9.17) is 10.5 Å². The molecule has 2 N–H and O–H groups in total. The Morgan fingerprint density at radius 1 is 1.41 bits per heavy atom. The molecule has 1 aromatic carbocycles. The maximum atomic E-state index is 12.8. The van der Waals surface area contributed by atoms with Crippen molar-refractivity contribution in [3.05, 3.63) is 42.5 Å². The van der Waals surface area contributed by atoms with Crippen LogP contribution in [0.15, 0.2) is 36.9 Å². The molecule has 0 aliphatic heterocycles. The van der Waals surface area contributed by atoms with Gasteiger partial charge in [0.05, 0.1) is 7.11 Å². The normalized spacial score (nSPS) is 21.2. The molecule has 1 aromatic rings. The molecule has 1 amide bonds. The molecule has 0 saturated heterocycles. The second-order valence-electron chi connectivity index (χ2n) is 5.98. The van der Waals surface area contributed by atoms with Gasteiger partial charge >= 0.3 is 0 Å². The summed E-state index contributed by atoms with van der Waals surface area (Å²) in [5.41, 5.74) is 7.11. The molecule has 0 aromatic heterocycles. The standard InChI is InChI=1S/C18H26N2O2/c1-3-11-20(13-14-7-9-17(22-2)10-8-14)18(21)15-5-4-6-16(19)12-15/h3,7-10,15-16H,1,4-6,11-13,19H2,2H3. The van der Waals surface area contributed by atoms with E-state index in [1.54, 1.807) is 13.2 Å².